The van der Waals surface area contributed by atoms with E-state index in [-0.39, 0.29) is 18.3 Å². The largest absolute Gasteiger partial charge is 0.484 e. The van der Waals surface area contributed by atoms with Crippen LogP contribution in [-0.4, -0.2) is 27.8 Å². The Morgan fingerprint density at radius 2 is 1.96 bits per heavy atom. The van der Waals surface area contributed by atoms with Gasteiger partial charge in [-0.05, 0) is 48.9 Å². The van der Waals surface area contributed by atoms with Gasteiger partial charge in [0.1, 0.15) is 23.4 Å². The van der Waals surface area contributed by atoms with Gasteiger partial charge in [-0.3, -0.25) is 9.59 Å². The Morgan fingerprint density at radius 3 is 2.57 bits per heavy atom. The lowest BCUT2D eigenvalue weighted by Gasteiger charge is -2.19. The molecule has 0 saturated carbocycles. The van der Waals surface area contributed by atoms with Gasteiger partial charge in [0.25, 0.3) is 5.91 Å². The molecule has 1 N–H and O–H groups in total. The molecule has 144 valence electrons. The molecule has 28 heavy (non-hydrogen) atoms. The van der Waals surface area contributed by atoms with E-state index in [1.54, 1.807) is 60.4 Å². The molecule has 2 aromatic carbocycles. The van der Waals surface area contributed by atoms with Gasteiger partial charge in [0.05, 0.1) is 0 Å². The maximum atomic E-state index is 13.7. The Hall–Kier alpha value is -3.48. The van der Waals surface area contributed by atoms with E-state index in [2.05, 4.69) is 10.3 Å². The fraction of sp³-hybridized carbons (Fsp3) is 0.190. The van der Waals surface area contributed by atoms with Gasteiger partial charge in [0, 0.05) is 25.0 Å². The number of imidazole rings is 1. The van der Waals surface area contributed by atoms with E-state index >= 15 is 0 Å². The summed E-state index contributed by atoms with van der Waals surface area (Å²) in [6, 6.07) is 11.9. The molecule has 1 atom stereocenters. The standard InChI is InChI=1S/C21H20FN3O3/c1-14(26)15-6-8-18(9-7-15)28-13-19(27)24-20(21-23-10-11-25(21)2)16-4-3-5-17(22)12-16/h3-12,20H,13H2,1-2H3,(H,24,27). The normalized spacial score (nSPS) is 11.7. The van der Waals surface area contributed by atoms with Crippen LogP contribution in [0, 0.1) is 5.82 Å². The summed E-state index contributed by atoms with van der Waals surface area (Å²) in [7, 11) is 1.80. The van der Waals surface area contributed by atoms with Crippen molar-refractivity contribution in [1.29, 1.82) is 0 Å². The highest BCUT2D eigenvalue weighted by atomic mass is 19.1. The second-order valence-electron chi connectivity index (χ2n) is 6.32. The van der Waals surface area contributed by atoms with Crippen LogP contribution >= 0.6 is 0 Å². The van der Waals surface area contributed by atoms with Crippen LogP contribution in [0.1, 0.15) is 34.7 Å². The van der Waals surface area contributed by atoms with Crippen LogP contribution in [0.4, 0.5) is 4.39 Å². The SMILES string of the molecule is CC(=O)c1ccc(OCC(=O)NC(c2cccc(F)c2)c2nccn2C)cc1. The minimum atomic E-state index is -0.619. The molecule has 6 nitrogen and oxygen atoms in total. The van der Waals surface area contributed by atoms with E-state index in [4.69, 9.17) is 4.74 Å². The predicted octanol–water partition coefficient (Wildman–Crippen LogP) is 3.05. The van der Waals surface area contributed by atoms with Gasteiger partial charge in [0.15, 0.2) is 12.4 Å². The molecule has 0 aliphatic heterocycles. The number of rotatable bonds is 7. The van der Waals surface area contributed by atoms with Crippen molar-refractivity contribution in [3.05, 3.63) is 83.7 Å². The maximum Gasteiger partial charge on any atom is 0.258 e. The number of aryl methyl sites for hydroxylation is 1. The van der Waals surface area contributed by atoms with E-state index in [0.717, 1.165) is 0 Å². The molecular weight excluding hydrogens is 361 g/mol. The Labute approximate surface area is 162 Å². The van der Waals surface area contributed by atoms with Gasteiger partial charge in [0.2, 0.25) is 0 Å². The number of aromatic nitrogens is 2. The zero-order valence-electron chi connectivity index (χ0n) is 15.6. The number of carbonyl (C=O) groups excluding carboxylic acids is 2. The highest BCUT2D eigenvalue weighted by molar-refractivity contribution is 5.94. The predicted molar refractivity (Wildman–Crippen MR) is 102 cm³/mol. The van der Waals surface area contributed by atoms with Crippen molar-refractivity contribution < 1.29 is 18.7 Å². The molecule has 0 fully saturated rings. The van der Waals surface area contributed by atoms with Gasteiger partial charge in [-0.1, -0.05) is 12.1 Å². The second-order valence-corrected chi connectivity index (χ2v) is 6.32. The zero-order valence-corrected chi connectivity index (χ0v) is 15.6. The minimum Gasteiger partial charge on any atom is -0.484 e. The summed E-state index contributed by atoms with van der Waals surface area (Å²) in [5.74, 6) is 0.224. The minimum absolute atomic E-state index is 0.0442. The van der Waals surface area contributed by atoms with E-state index < -0.39 is 11.9 Å². The number of nitrogens with zero attached hydrogens (tertiary/aromatic N) is 2. The van der Waals surface area contributed by atoms with Gasteiger partial charge in [-0.25, -0.2) is 9.37 Å². The van der Waals surface area contributed by atoms with Crippen LogP contribution in [0.3, 0.4) is 0 Å². The quantitative estimate of drug-likeness (QED) is 0.639. The molecule has 0 radical (unpaired) electrons. The number of amides is 1. The first-order valence-electron chi connectivity index (χ1n) is 8.70. The molecule has 3 aromatic rings. The average molecular weight is 381 g/mol. The monoisotopic (exact) mass is 381 g/mol. The third kappa shape index (κ3) is 4.62. The second kappa shape index (κ2) is 8.47. The Morgan fingerprint density at radius 1 is 1.21 bits per heavy atom. The third-order valence-corrected chi connectivity index (χ3v) is 4.23. The van der Waals surface area contributed by atoms with Crippen LogP contribution in [0.2, 0.25) is 0 Å². The summed E-state index contributed by atoms with van der Waals surface area (Å²) >= 11 is 0. The summed E-state index contributed by atoms with van der Waals surface area (Å²) in [6.45, 7) is 1.25. The van der Waals surface area contributed by atoms with Crippen molar-refractivity contribution in [2.45, 2.75) is 13.0 Å². The number of ether oxygens (including phenoxy) is 1. The van der Waals surface area contributed by atoms with Crippen molar-refractivity contribution in [1.82, 2.24) is 14.9 Å². The number of Topliss-reactive ketones (excluding diaryl/α,β-unsaturated/α-hetero) is 1. The molecule has 1 heterocycles. The molecule has 7 heteroatoms. The maximum absolute atomic E-state index is 13.7. The lowest BCUT2D eigenvalue weighted by molar-refractivity contribution is -0.123. The van der Waals surface area contributed by atoms with Crippen LogP contribution in [0.5, 0.6) is 5.75 Å². The summed E-state index contributed by atoms with van der Waals surface area (Å²) in [5, 5.41) is 2.84. The molecule has 0 aliphatic carbocycles. The number of ketones is 1. The molecule has 0 saturated heterocycles. The first-order valence-corrected chi connectivity index (χ1v) is 8.70. The molecule has 0 aliphatic rings. The molecule has 3 rings (SSSR count). The fourth-order valence-corrected chi connectivity index (χ4v) is 2.78. The lowest BCUT2D eigenvalue weighted by Crippen LogP contribution is -2.34. The van der Waals surface area contributed by atoms with Crippen LogP contribution in [0.15, 0.2) is 60.9 Å². The van der Waals surface area contributed by atoms with Gasteiger partial charge < -0.3 is 14.6 Å². The number of hydrogen-bond acceptors (Lipinski definition) is 4. The summed E-state index contributed by atoms with van der Waals surface area (Å²) in [4.78, 5) is 28.0. The number of nitrogens with one attached hydrogen (secondary N) is 1. The Kier molecular flexibility index (Phi) is 5.84. The van der Waals surface area contributed by atoms with E-state index in [9.17, 15) is 14.0 Å². The molecule has 1 aromatic heterocycles. The van der Waals surface area contributed by atoms with Crippen molar-refractivity contribution in [2.75, 3.05) is 6.61 Å². The Bertz CT molecular complexity index is 983. The number of halogens is 1. The van der Waals surface area contributed by atoms with Gasteiger partial charge in [-0.2, -0.15) is 0 Å². The third-order valence-electron chi connectivity index (χ3n) is 4.23. The lowest BCUT2D eigenvalue weighted by atomic mass is 10.1. The van der Waals surface area contributed by atoms with Crippen LogP contribution in [-0.2, 0) is 11.8 Å². The van der Waals surface area contributed by atoms with Gasteiger partial charge in [-0.15, -0.1) is 0 Å². The topological polar surface area (TPSA) is 73.2 Å². The highest BCUT2D eigenvalue weighted by Crippen LogP contribution is 2.21. The highest BCUT2D eigenvalue weighted by Gasteiger charge is 2.21. The summed E-state index contributed by atoms with van der Waals surface area (Å²) < 4.78 is 20.9. The summed E-state index contributed by atoms with van der Waals surface area (Å²) in [5.41, 5.74) is 1.14. The first kappa shape index (κ1) is 19.3. The average Bonchev–Trinajstić information content (AvgIpc) is 3.10. The van der Waals surface area contributed by atoms with Crippen molar-refractivity contribution in [2.24, 2.45) is 7.05 Å². The molecule has 1 unspecified atom stereocenters. The van der Waals surface area contributed by atoms with Crippen molar-refractivity contribution in [3.63, 3.8) is 0 Å². The molecule has 1 amide bonds. The van der Waals surface area contributed by atoms with Gasteiger partial charge >= 0.3 is 0 Å². The first-order chi connectivity index (χ1) is 13.4. The number of hydrogen-bond donors (Lipinski definition) is 1. The molecular formula is C21H20FN3O3. The summed E-state index contributed by atoms with van der Waals surface area (Å²) in [6.07, 6.45) is 3.36. The zero-order chi connectivity index (χ0) is 20.1. The van der Waals surface area contributed by atoms with Crippen LogP contribution in [0.25, 0.3) is 0 Å². The van der Waals surface area contributed by atoms with E-state index in [0.29, 0.717) is 22.7 Å². The smallest absolute Gasteiger partial charge is 0.258 e. The van der Waals surface area contributed by atoms with Crippen molar-refractivity contribution >= 4 is 11.7 Å². The fourth-order valence-electron chi connectivity index (χ4n) is 2.78. The van der Waals surface area contributed by atoms with Crippen molar-refractivity contribution in [3.8, 4) is 5.75 Å². The Balaban J connectivity index is 1.71. The number of carbonyl (C=O) groups is 2. The molecule has 0 spiro atoms. The van der Waals surface area contributed by atoms with E-state index in [1.807, 2.05) is 0 Å². The van der Waals surface area contributed by atoms with Crippen LogP contribution < -0.4 is 10.1 Å². The number of benzene rings is 2. The molecule has 0 bridgehead atoms. The van der Waals surface area contributed by atoms with E-state index in [1.165, 1.54) is 19.1 Å².